The standard InChI is InChI=1S/C23H31FN2O4S/c1-25(31(28,29)22-14-12-21(24)13-15-22)16-7-11-23(27)26(18-19-30-2)17-6-10-20-8-4-3-5-9-20/h3-5,8-9,12-15H,6-7,10-11,16-19H2,1-2H3. The zero-order valence-electron chi connectivity index (χ0n) is 18.2. The van der Waals surface area contributed by atoms with E-state index in [4.69, 9.17) is 4.74 Å². The first-order valence-electron chi connectivity index (χ1n) is 10.4. The van der Waals surface area contributed by atoms with Gasteiger partial charge in [-0.25, -0.2) is 17.1 Å². The number of ether oxygens (including phenoxy) is 1. The van der Waals surface area contributed by atoms with Crippen molar-refractivity contribution in [2.45, 2.75) is 30.6 Å². The summed E-state index contributed by atoms with van der Waals surface area (Å²) in [6.07, 6.45) is 2.38. The molecule has 6 nitrogen and oxygen atoms in total. The molecular formula is C23H31FN2O4S. The minimum Gasteiger partial charge on any atom is -0.383 e. The van der Waals surface area contributed by atoms with Gasteiger partial charge in [0.1, 0.15) is 5.82 Å². The number of nitrogens with zero attached hydrogens (tertiary/aromatic N) is 2. The predicted octanol–water partition coefficient (Wildman–Crippen LogP) is 3.33. The van der Waals surface area contributed by atoms with Gasteiger partial charge in [-0.05, 0) is 49.1 Å². The van der Waals surface area contributed by atoms with Crippen LogP contribution in [0, 0.1) is 5.82 Å². The van der Waals surface area contributed by atoms with Crippen LogP contribution in [0.3, 0.4) is 0 Å². The van der Waals surface area contributed by atoms with Gasteiger partial charge < -0.3 is 9.64 Å². The van der Waals surface area contributed by atoms with E-state index in [0.717, 1.165) is 25.0 Å². The van der Waals surface area contributed by atoms with Crippen molar-refractivity contribution in [3.63, 3.8) is 0 Å². The van der Waals surface area contributed by atoms with Crippen LogP contribution in [0.1, 0.15) is 24.8 Å². The normalized spacial score (nSPS) is 11.6. The number of rotatable bonds is 13. The summed E-state index contributed by atoms with van der Waals surface area (Å²) < 4.78 is 44.5. The van der Waals surface area contributed by atoms with Gasteiger partial charge in [0.25, 0.3) is 0 Å². The maximum absolute atomic E-state index is 13.1. The molecule has 0 heterocycles. The Balaban J connectivity index is 1.84. The van der Waals surface area contributed by atoms with Crippen LogP contribution in [-0.2, 0) is 26.0 Å². The highest BCUT2D eigenvalue weighted by molar-refractivity contribution is 7.89. The van der Waals surface area contributed by atoms with E-state index < -0.39 is 15.8 Å². The topological polar surface area (TPSA) is 66.9 Å². The van der Waals surface area contributed by atoms with Gasteiger partial charge in [-0.3, -0.25) is 4.79 Å². The molecule has 0 unspecified atom stereocenters. The van der Waals surface area contributed by atoms with E-state index >= 15 is 0 Å². The Labute approximate surface area is 184 Å². The number of carbonyl (C=O) groups is 1. The molecule has 0 aliphatic heterocycles. The van der Waals surface area contributed by atoms with Crippen LogP contribution in [0.15, 0.2) is 59.5 Å². The van der Waals surface area contributed by atoms with E-state index in [1.807, 2.05) is 18.2 Å². The van der Waals surface area contributed by atoms with Crippen molar-refractivity contribution in [3.05, 3.63) is 66.0 Å². The number of carbonyl (C=O) groups excluding carboxylic acids is 1. The summed E-state index contributed by atoms with van der Waals surface area (Å²) >= 11 is 0. The molecule has 0 aliphatic carbocycles. The Kier molecular flexibility index (Phi) is 10.1. The Morgan fingerprint density at radius 1 is 0.968 bits per heavy atom. The van der Waals surface area contributed by atoms with Crippen LogP contribution in [0.2, 0.25) is 0 Å². The number of aryl methyl sites for hydroxylation is 1. The number of hydrogen-bond donors (Lipinski definition) is 0. The lowest BCUT2D eigenvalue weighted by Crippen LogP contribution is -2.35. The summed E-state index contributed by atoms with van der Waals surface area (Å²) in [4.78, 5) is 14.5. The Morgan fingerprint density at radius 2 is 1.65 bits per heavy atom. The second kappa shape index (κ2) is 12.5. The second-order valence-electron chi connectivity index (χ2n) is 7.35. The van der Waals surface area contributed by atoms with Crippen LogP contribution in [-0.4, -0.2) is 63.9 Å². The Morgan fingerprint density at radius 3 is 2.29 bits per heavy atom. The molecule has 31 heavy (non-hydrogen) atoms. The average molecular weight is 451 g/mol. The molecule has 0 atom stereocenters. The molecule has 0 N–H and O–H groups in total. The molecule has 0 aromatic heterocycles. The maximum atomic E-state index is 13.1. The van der Waals surface area contributed by atoms with E-state index in [1.54, 1.807) is 12.0 Å². The summed E-state index contributed by atoms with van der Waals surface area (Å²) in [5, 5.41) is 0. The summed E-state index contributed by atoms with van der Waals surface area (Å²) in [5.41, 5.74) is 1.23. The highest BCUT2D eigenvalue weighted by atomic mass is 32.2. The quantitative estimate of drug-likeness (QED) is 0.470. The molecule has 0 bridgehead atoms. The van der Waals surface area contributed by atoms with Crippen LogP contribution >= 0.6 is 0 Å². The molecule has 0 saturated carbocycles. The van der Waals surface area contributed by atoms with Crippen molar-refractivity contribution in [1.29, 1.82) is 0 Å². The summed E-state index contributed by atoms with van der Waals surface area (Å²) in [7, 11) is -0.648. The van der Waals surface area contributed by atoms with Gasteiger partial charge in [-0.2, -0.15) is 0 Å². The summed E-state index contributed by atoms with van der Waals surface area (Å²) in [5.74, 6) is -0.506. The third-order valence-electron chi connectivity index (χ3n) is 5.04. The van der Waals surface area contributed by atoms with Gasteiger partial charge in [0.2, 0.25) is 15.9 Å². The fourth-order valence-corrected chi connectivity index (χ4v) is 4.41. The largest absolute Gasteiger partial charge is 0.383 e. The Bertz CT molecular complexity index is 905. The number of halogens is 1. The van der Waals surface area contributed by atoms with E-state index in [1.165, 1.54) is 29.0 Å². The molecular weight excluding hydrogens is 419 g/mol. The Hall–Kier alpha value is -2.29. The van der Waals surface area contributed by atoms with E-state index in [-0.39, 0.29) is 23.8 Å². The van der Waals surface area contributed by atoms with Crippen LogP contribution in [0.5, 0.6) is 0 Å². The highest BCUT2D eigenvalue weighted by Gasteiger charge is 2.21. The minimum atomic E-state index is -3.71. The fraction of sp³-hybridized carbons (Fsp3) is 0.435. The first-order chi connectivity index (χ1) is 14.8. The fourth-order valence-electron chi connectivity index (χ4n) is 3.20. The highest BCUT2D eigenvalue weighted by Crippen LogP contribution is 2.15. The van der Waals surface area contributed by atoms with Crippen molar-refractivity contribution in [3.8, 4) is 0 Å². The maximum Gasteiger partial charge on any atom is 0.242 e. The number of hydrogen-bond acceptors (Lipinski definition) is 4. The van der Waals surface area contributed by atoms with Gasteiger partial charge in [-0.1, -0.05) is 30.3 Å². The molecule has 0 saturated heterocycles. The lowest BCUT2D eigenvalue weighted by molar-refractivity contribution is -0.132. The van der Waals surface area contributed by atoms with Gasteiger partial charge in [-0.15, -0.1) is 0 Å². The summed E-state index contributed by atoms with van der Waals surface area (Å²) in [6.45, 7) is 1.79. The van der Waals surface area contributed by atoms with Crippen molar-refractivity contribution >= 4 is 15.9 Å². The first kappa shape index (κ1) is 25.0. The van der Waals surface area contributed by atoms with Crippen molar-refractivity contribution in [1.82, 2.24) is 9.21 Å². The average Bonchev–Trinajstić information content (AvgIpc) is 2.76. The molecule has 0 spiro atoms. The molecule has 2 aromatic carbocycles. The van der Waals surface area contributed by atoms with Gasteiger partial charge in [0, 0.05) is 40.2 Å². The van der Waals surface area contributed by atoms with Gasteiger partial charge in [0.15, 0.2) is 0 Å². The molecule has 170 valence electrons. The second-order valence-corrected chi connectivity index (χ2v) is 9.39. The third-order valence-corrected chi connectivity index (χ3v) is 6.91. The summed E-state index contributed by atoms with van der Waals surface area (Å²) in [6, 6.07) is 14.8. The number of benzene rings is 2. The SMILES string of the molecule is COCCN(CCCc1ccccc1)C(=O)CCCN(C)S(=O)(=O)c1ccc(F)cc1. The van der Waals surface area contributed by atoms with E-state index in [9.17, 15) is 17.6 Å². The third kappa shape index (κ3) is 8.05. The molecule has 8 heteroatoms. The van der Waals surface area contributed by atoms with E-state index in [2.05, 4.69) is 12.1 Å². The first-order valence-corrected chi connectivity index (χ1v) is 11.8. The van der Waals surface area contributed by atoms with E-state index in [0.29, 0.717) is 26.1 Å². The zero-order valence-corrected chi connectivity index (χ0v) is 19.0. The number of methoxy groups -OCH3 is 1. The monoisotopic (exact) mass is 450 g/mol. The van der Waals surface area contributed by atoms with Crippen molar-refractivity contribution < 1.29 is 22.3 Å². The van der Waals surface area contributed by atoms with Crippen LogP contribution in [0.25, 0.3) is 0 Å². The predicted molar refractivity (Wildman–Crippen MR) is 119 cm³/mol. The molecule has 0 aliphatic rings. The van der Waals surface area contributed by atoms with Crippen molar-refractivity contribution in [2.24, 2.45) is 0 Å². The molecule has 1 amide bonds. The molecule has 0 radical (unpaired) electrons. The van der Waals surface area contributed by atoms with Crippen LogP contribution in [0.4, 0.5) is 4.39 Å². The lowest BCUT2D eigenvalue weighted by atomic mass is 10.1. The lowest BCUT2D eigenvalue weighted by Gasteiger charge is -2.23. The minimum absolute atomic E-state index is 0.0160. The van der Waals surface area contributed by atoms with Gasteiger partial charge >= 0.3 is 0 Å². The smallest absolute Gasteiger partial charge is 0.242 e. The zero-order chi connectivity index (χ0) is 22.7. The van der Waals surface area contributed by atoms with Crippen LogP contribution < -0.4 is 0 Å². The molecule has 0 fully saturated rings. The number of amides is 1. The molecule has 2 aromatic rings. The number of sulfonamides is 1. The molecule has 2 rings (SSSR count). The van der Waals surface area contributed by atoms with Gasteiger partial charge in [0.05, 0.1) is 11.5 Å². The van der Waals surface area contributed by atoms with Crippen molar-refractivity contribution in [2.75, 3.05) is 40.4 Å².